The molecule has 2 aromatic rings. The number of benzene rings is 2. The molecule has 1 N–H and O–H groups in total. The largest absolute Gasteiger partial charge is 0.491 e. The van der Waals surface area contributed by atoms with Gasteiger partial charge in [0.2, 0.25) is 0 Å². The summed E-state index contributed by atoms with van der Waals surface area (Å²) in [6.07, 6.45) is 0. The highest BCUT2D eigenvalue weighted by Crippen LogP contribution is 2.29. The van der Waals surface area contributed by atoms with E-state index in [9.17, 15) is 9.59 Å². The molecule has 6 heteroatoms. The summed E-state index contributed by atoms with van der Waals surface area (Å²) in [7, 11) is 0. The standard InChI is InChI=1S/C19H19ClN2O3/c1-13-5-3-4-6-16(13)25-12-11-22-17(23)19(2,21-18(22)24)14-7-9-15(20)10-8-14/h3-10H,11-12H2,1-2H3,(H,21,24). The Morgan fingerprint density at radius 3 is 2.48 bits per heavy atom. The molecule has 0 aromatic heterocycles. The number of amides is 3. The van der Waals surface area contributed by atoms with Crippen molar-refractivity contribution in [2.24, 2.45) is 0 Å². The average molecular weight is 359 g/mol. The minimum Gasteiger partial charge on any atom is -0.491 e. The maximum Gasteiger partial charge on any atom is 0.325 e. The second-order valence-electron chi connectivity index (χ2n) is 6.13. The number of hydrogen-bond donors (Lipinski definition) is 1. The molecule has 3 rings (SSSR count). The number of urea groups is 1. The van der Waals surface area contributed by atoms with Crippen molar-refractivity contribution in [2.75, 3.05) is 13.2 Å². The summed E-state index contributed by atoms with van der Waals surface area (Å²) in [4.78, 5) is 26.2. The van der Waals surface area contributed by atoms with Crippen LogP contribution in [0.5, 0.6) is 5.75 Å². The molecule has 1 aliphatic heterocycles. The lowest BCUT2D eigenvalue weighted by atomic mass is 9.92. The fourth-order valence-electron chi connectivity index (χ4n) is 2.84. The van der Waals surface area contributed by atoms with Crippen LogP contribution in [-0.4, -0.2) is 30.0 Å². The van der Waals surface area contributed by atoms with E-state index in [2.05, 4.69) is 5.32 Å². The van der Waals surface area contributed by atoms with Crippen LogP contribution in [0.25, 0.3) is 0 Å². The van der Waals surface area contributed by atoms with Crippen molar-refractivity contribution in [1.29, 1.82) is 0 Å². The molecule has 1 fully saturated rings. The summed E-state index contributed by atoms with van der Waals surface area (Å²) in [6, 6.07) is 14.1. The summed E-state index contributed by atoms with van der Waals surface area (Å²) in [5.41, 5.74) is 0.605. The predicted octanol–water partition coefficient (Wildman–Crippen LogP) is 3.49. The van der Waals surface area contributed by atoms with Gasteiger partial charge in [-0.25, -0.2) is 4.79 Å². The highest BCUT2D eigenvalue weighted by molar-refractivity contribution is 6.30. The van der Waals surface area contributed by atoms with Crippen LogP contribution in [0.3, 0.4) is 0 Å². The Balaban J connectivity index is 1.69. The highest BCUT2D eigenvalue weighted by Gasteiger charge is 2.48. The number of hydrogen-bond acceptors (Lipinski definition) is 3. The van der Waals surface area contributed by atoms with E-state index in [1.165, 1.54) is 4.90 Å². The maximum absolute atomic E-state index is 12.8. The number of carbonyl (C=O) groups is 2. The van der Waals surface area contributed by atoms with E-state index in [0.29, 0.717) is 10.6 Å². The summed E-state index contributed by atoms with van der Waals surface area (Å²) >= 11 is 5.90. The first-order valence-corrected chi connectivity index (χ1v) is 8.38. The van der Waals surface area contributed by atoms with Crippen LogP contribution in [0.4, 0.5) is 4.79 Å². The Bertz CT molecular complexity index is 807. The molecule has 0 spiro atoms. The van der Waals surface area contributed by atoms with Crippen LogP contribution < -0.4 is 10.1 Å². The van der Waals surface area contributed by atoms with E-state index in [0.717, 1.165) is 11.3 Å². The fraction of sp³-hybridized carbons (Fsp3) is 0.263. The van der Waals surface area contributed by atoms with Gasteiger partial charge in [-0.3, -0.25) is 9.69 Å². The first kappa shape index (κ1) is 17.3. The SMILES string of the molecule is Cc1ccccc1OCCN1C(=O)NC(C)(c2ccc(Cl)cc2)C1=O. The van der Waals surface area contributed by atoms with Crippen LogP contribution in [0, 0.1) is 6.92 Å². The van der Waals surface area contributed by atoms with E-state index >= 15 is 0 Å². The van der Waals surface area contributed by atoms with Gasteiger partial charge in [-0.15, -0.1) is 0 Å². The van der Waals surface area contributed by atoms with Gasteiger partial charge < -0.3 is 10.1 Å². The number of carbonyl (C=O) groups excluding carboxylic acids is 2. The summed E-state index contributed by atoms with van der Waals surface area (Å²) in [5.74, 6) is 0.447. The van der Waals surface area contributed by atoms with Gasteiger partial charge in [0.05, 0.1) is 6.54 Å². The Kier molecular flexibility index (Phi) is 4.68. The predicted molar refractivity (Wildman–Crippen MR) is 95.7 cm³/mol. The van der Waals surface area contributed by atoms with Crippen molar-refractivity contribution >= 4 is 23.5 Å². The van der Waals surface area contributed by atoms with E-state index in [1.807, 2.05) is 31.2 Å². The number of nitrogens with zero attached hydrogens (tertiary/aromatic N) is 1. The van der Waals surface area contributed by atoms with Crippen molar-refractivity contribution in [3.63, 3.8) is 0 Å². The zero-order chi connectivity index (χ0) is 18.0. The Morgan fingerprint density at radius 1 is 1.12 bits per heavy atom. The maximum atomic E-state index is 12.8. The molecule has 0 radical (unpaired) electrons. The molecule has 3 amide bonds. The second-order valence-corrected chi connectivity index (χ2v) is 6.57. The van der Waals surface area contributed by atoms with Crippen LogP contribution in [0.1, 0.15) is 18.1 Å². The molecule has 1 atom stereocenters. The van der Waals surface area contributed by atoms with E-state index in [-0.39, 0.29) is 19.1 Å². The zero-order valence-electron chi connectivity index (χ0n) is 14.1. The number of rotatable bonds is 5. The Hall–Kier alpha value is -2.53. The van der Waals surface area contributed by atoms with Crippen molar-refractivity contribution in [1.82, 2.24) is 10.2 Å². The van der Waals surface area contributed by atoms with Gasteiger partial charge in [0, 0.05) is 5.02 Å². The molecule has 1 saturated heterocycles. The molecule has 130 valence electrons. The van der Waals surface area contributed by atoms with Crippen molar-refractivity contribution in [2.45, 2.75) is 19.4 Å². The van der Waals surface area contributed by atoms with Gasteiger partial charge in [-0.1, -0.05) is 41.9 Å². The molecule has 25 heavy (non-hydrogen) atoms. The quantitative estimate of drug-likeness (QED) is 0.832. The van der Waals surface area contributed by atoms with Gasteiger partial charge in [0.1, 0.15) is 17.9 Å². The van der Waals surface area contributed by atoms with Gasteiger partial charge in [0.25, 0.3) is 5.91 Å². The number of nitrogens with one attached hydrogen (secondary N) is 1. The normalized spacial score (nSPS) is 19.9. The first-order chi connectivity index (χ1) is 11.9. The third kappa shape index (κ3) is 3.33. The van der Waals surface area contributed by atoms with Crippen LogP contribution >= 0.6 is 11.6 Å². The van der Waals surface area contributed by atoms with Gasteiger partial charge in [-0.2, -0.15) is 0 Å². The van der Waals surface area contributed by atoms with Crippen molar-refractivity contribution in [3.8, 4) is 5.75 Å². The lowest BCUT2D eigenvalue weighted by molar-refractivity contribution is -0.131. The third-order valence-corrected chi connectivity index (χ3v) is 4.61. The fourth-order valence-corrected chi connectivity index (χ4v) is 2.97. The molecular formula is C19H19ClN2O3. The zero-order valence-corrected chi connectivity index (χ0v) is 14.8. The smallest absolute Gasteiger partial charge is 0.325 e. The van der Waals surface area contributed by atoms with Crippen molar-refractivity contribution in [3.05, 3.63) is 64.7 Å². The molecule has 0 aliphatic carbocycles. The van der Waals surface area contributed by atoms with Gasteiger partial charge >= 0.3 is 6.03 Å². The monoisotopic (exact) mass is 358 g/mol. The van der Waals surface area contributed by atoms with Crippen LogP contribution in [0.2, 0.25) is 5.02 Å². The number of para-hydroxylation sites is 1. The molecule has 1 unspecified atom stereocenters. The van der Waals surface area contributed by atoms with Gasteiger partial charge in [-0.05, 0) is 43.2 Å². The summed E-state index contributed by atoms with van der Waals surface area (Å²) in [6.45, 7) is 4.06. The van der Waals surface area contributed by atoms with Crippen LogP contribution in [-0.2, 0) is 10.3 Å². The molecule has 2 aromatic carbocycles. The van der Waals surface area contributed by atoms with Crippen LogP contribution in [0.15, 0.2) is 48.5 Å². The Morgan fingerprint density at radius 2 is 1.80 bits per heavy atom. The highest BCUT2D eigenvalue weighted by atomic mass is 35.5. The summed E-state index contributed by atoms with van der Waals surface area (Å²) < 4.78 is 5.69. The number of aryl methyl sites for hydroxylation is 1. The molecular weight excluding hydrogens is 340 g/mol. The topological polar surface area (TPSA) is 58.6 Å². The minimum atomic E-state index is -1.09. The van der Waals surface area contributed by atoms with E-state index < -0.39 is 11.6 Å². The molecule has 1 aliphatic rings. The number of imide groups is 1. The molecule has 0 saturated carbocycles. The average Bonchev–Trinajstić information content (AvgIpc) is 2.81. The van der Waals surface area contributed by atoms with Gasteiger partial charge in [0.15, 0.2) is 0 Å². The number of halogens is 1. The lowest BCUT2D eigenvalue weighted by Crippen LogP contribution is -2.41. The molecule has 1 heterocycles. The molecule has 0 bridgehead atoms. The second kappa shape index (κ2) is 6.76. The van der Waals surface area contributed by atoms with E-state index in [4.69, 9.17) is 16.3 Å². The van der Waals surface area contributed by atoms with Crippen molar-refractivity contribution < 1.29 is 14.3 Å². The number of ether oxygens (including phenoxy) is 1. The minimum absolute atomic E-state index is 0.183. The Labute approximate surface area is 151 Å². The molecule has 5 nitrogen and oxygen atoms in total. The lowest BCUT2D eigenvalue weighted by Gasteiger charge is -2.22. The summed E-state index contributed by atoms with van der Waals surface area (Å²) in [5, 5.41) is 3.34. The first-order valence-electron chi connectivity index (χ1n) is 8.00. The van der Waals surface area contributed by atoms with E-state index in [1.54, 1.807) is 31.2 Å². The third-order valence-electron chi connectivity index (χ3n) is 4.36.